The Hall–Kier alpha value is -0.770. The smallest absolute Gasteiger partial charge is 0.407 e. The number of amides is 1. The van der Waals surface area contributed by atoms with Gasteiger partial charge in [0.2, 0.25) is 0 Å². The first-order valence-electron chi connectivity index (χ1n) is 7.10. The van der Waals surface area contributed by atoms with Crippen molar-refractivity contribution in [1.82, 2.24) is 5.32 Å². The molecule has 0 heterocycles. The summed E-state index contributed by atoms with van der Waals surface area (Å²) in [7, 11) is 0. The van der Waals surface area contributed by atoms with Gasteiger partial charge in [-0.15, -0.1) is 0 Å². The Bertz CT molecular complexity index is 253. The molecule has 1 amide bonds. The van der Waals surface area contributed by atoms with Crippen molar-refractivity contribution in [3.8, 4) is 0 Å². The lowest BCUT2D eigenvalue weighted by Crippen LogP contribution is -2.40. The molecular formula is C14H28N2O2. The normalized spacial score (nSPS) is 24.7. The number of carbonyl (C=O) groups is 1. The second-order valence-corrected chi connectivity index (χ2v) is 6.29. The molecule has 4 heteroatoms. The fourth-order valence-corrected chi connectivity index (χ4v) is 2.48. The first-order valence-corrected chi connectivity index (χ1v) is 7.10. The van der Waals surface area contributed by atoms with Crippen molar-refractivity contribution in [2.24, 2.45) is 11.7 Å². The minimum Gasteiger partial charge on any atom is -0.444 e. The highest BCUT2D eigenvalue weighted by Crippen LogP contribution is 2.27. The predicted molar refractivity (Wildman–Crippen MR) is 73.4 cm³/mol. The maximum atomic E-state index is 11.6. The van der Waals surface area contributed by atoms with E-state index < -0.39 is 5.60 Å². The van der Waals surface area contributed by atoms with Crippen LogP contribution in [0, 0.1) is 5.92 Å². The molecule has 4 nitrogen and oxygen atoms in total. The van der Waals surface area contributed by atoms with Crippen LogP contribution in [0.25, 0.3) is 0 Å². The number of hydrogen-bond acceptors (Lipinski definition) is 3. The molecule has 0 bridgehead atoms. The molecule has 0 aliphatic heterocycles. The Kier molecular flexibility index (Phi) is 5.93. The third-order valence-electron chi connectivity index (χ3n) is 3.38. The number of nitrogens with one attached hydrogen (secondary N) is 1. The molecule has 1 rings (SSSR count). The number of rotatable bonds is 4. The molecule has 0 aromatic heterocycles. The van der Waals surface area contributed by atoms with E-state index in [4.69, 9.17) is 10.5 Å². The van der Waals surface area contributed by atoms with Crippen molar-refractivity contribution >= 4 is 6.09 Å². The van der Waals surface area contributed by atoms with E-state index in [-0.39, 0.29) is 12.1 Å². The van der Waals surface area contributed by atoms with Crippen molar-refractivity contribution in [2.75, 3.05) is 6.54 Å². The number of nitrogens with two attached hydrogens (primary N) is 1. The molecule has 0 radical (unpaired) electrons. The number of ether oxygens (including phenoxy) is 1. The fourth-order valence-electron chi connectivity index (χ4n) is 2.48. The predicted octanol–water partition coefficient (Wildman–Crippen LogP) is 2.81. The van der Waals surface area contributed by atoms with E-state index >= 15 is 0 Å². The Balaban J connectivity index is 2.21. The Morgan fingerprint density at radius 1 is 1.28 bits per heavy atom. The Labute approximate surface area is 111 Å². The standard InChI is InChI=1S/C14H28N2O2/c1-14(2,3)18-13(17)16-12-8-6-11(7-9-12)5-4-10-15/h11-12H,4-10,15H2,1-3H3,(H,16,17). The van der Waals surface area contributed by atoms with E-state index in [9.17, 15) is 4.79 Å². The van der Waals surface area contributed by atoms with Gasteiger partial charge in [-0.25, -0.2) is 4.79 Å². The van der Waals surface area contributed by atoms with Gasteiger partial charge in [0, 0.05) is 6.04 Å². The molecule has 0 saturated heterocycles. The second-order valence-electron chi connectivity index (χ2n) is 6.29. The SMILES string of the molecule is CC(C)(C)OC(=O)NC1CCC(CCCN)CC1. The van der Waals surface area contributed by atoms with E-state index in [0.717, 1.165) is 31.7 Å². The molecule has 0 spiro atoms. The van der Waals surface area contributed by atoms with Crippen LogP contribution in [0.4, 0.5) is 4.79 Å². The zero-order chi connectivity index (χ0) is 13.6. The van der Waals surface area contributed by atoms with Crippen LogP contribution in [0.1, 0.15) is 59.3 Å². The van der Waals surface area contributed by atoms with Gasteiger partial charge in [0.15, 0.2) is 0 Å². The quantitative estimate of drug-likeness (QED) is 0.813. The minimum absolute atomic E-state index is 0.284. The number of hydrogen-bond donors (Lipinski definition) is 2. The summed E-state index contributed by atoms with van der Waals surface area (Å²) >= 11 is 0. The maximum absolute atomic E-state index is 11.6. The van der Waals surface area contributed by atoms with Crippen LogP contribution in [0.3, 0.4) is 0 Å². The fraction of sp³-hybridized carbons (Fsp3) is 0.929. The van der Waals surface area contributed by atoms with Gasteiger partial charge in [-0.1, -0.05) is 0 Å². The van der Waals surface area contributed by atoms with Crippen LogP contribution in [-0.4, -0.2) is 24.3 Å². The molecule has 3 N–H and O–H groups in total. The molecule has 18 heavy (non-hydrogen) atoms. The lowest BCUT2D eigenvalue weighted by molar-refractivity contribution is 0.0486. The Morgan fingerprint density at radius 2 is 1.89 bits per heavy atom. The number of carbonyl (C=O) groups excluding carboxylic acids is 1. The van der Waals surface area contributed by atoms with E-state index in [1.165, 1.54) is 19.3 Å². The lowest BCUT2D eigenvalue weighted by Gasteiger charge is -2.30. The Morgan fingerprint density at radius 3 is 2.39 bits per heavy atom. The van der Waals surface area contributed by atoms with Gasteiger partial charge in [0.05, 0.1) is 0 Å². The topological polar surface area (TPSA) is 64.3 Å². The molecule has 1 aliphatic carbocycles. The molecule has 1 fully saturated rings. The largest absolute Gasteiger partial charge is 0.444 e. The van der Waals surface area contributed by atoms with Crippen LogP contribution in [0.15, 0.2) is 0 Å². The van der Waals surface area contributed by atoms with E-state index in [0.29, 0.717) is 0 Å². The summed E-state index contributed by atoms with van der Waals surface area (Å²) < 4.78 is 5.27. The average molecular weight is 256 g/mol. The third kappa shape index (κ3) is 6.24. The van der Waals surface area contributed by atoms with E-state index in [2.05, 4.69) is 5.32 Å². The first-order chi connectivity index (χ1) is 8.40. The minimum atomic E-state index is -0.414. The van der Waals surface area contributed by atoms with Crippen molar-refractivity contribution in [3.05, 3.63) is 0 Å². The van der Waals surface area contributed by atoms with Crippen molar-refractivity contribution in [3.63, 3.8) is 0 Å². The summed E-state index contributed by atoms with van der Waals surface area (Å²) in [4.78, 5) is 11.6. The van der Waals surface area contributed by atoms with E-state index in [1.54, 1.807) is 0 Å². The summed E-state index contributed by atoms with van der Waals surface area (Å²) in [5.74, 6) is 0.797. The molecule has 0 aromatic rings. The summed E-state index contributed by atoms with van der Waals surface area (Å²) in [6, 6.07) is 0.286. The van der Waals surface area contributed by atoms with Crippen molar-refractivity contribution in [1.29, 1.82) is 0 Å². The van der Waals surface area contributed by atoms with Gasteiger partial charge in [0.25, 0.3) is 0 Å². The highest BCUT2D eigenvalue weighted by Gasteiger charge is 2.24. The third-order valence-corrected chi connectivity index (χ3v) is 3.38. The van der Waals surface area contributed by atoms with Gasteiger partial charge in [-0.05, 0) is 71.8 Å². The summed E-state index contributed by atoms with van der Waals surface area (Å²) in [6.45, 7) is 6.44. The van der Waals surface area contributed by atoms with Crippen LogP contribution >= 0.6 is 0 Å². The van der Waals surface area contributed by atoms with Crippen LogP contribution in [-0.2, 0) is 4.74 Å². The molecule has 1 aliphatic rings. The van der Waals surface area contributed by atoms with Gasteiger partial charge in [-0.2, -0.15) is 0 Å². The average Bonchev–Trinajstić information content (AvgIpc) is 2.25. The molecule has 106 valence electrons. The lowest BCUT2D eigenvalue weighted by atomic mass is 9.83. The molecule has 0 unspecified atom stereocenters. The van der Waals surface area contributed by atoms with E-state index in [1.807, 2.05) is 20.8 Å². The van der Waals surface area contributed by atoms with Gasteiger partial charge in [-0.3, -0.25) is 0 Å². The van der Waals surface area contributed by atoms with Crippen LogP contribution in [0.5, 0.6) is 0 Å². The summed E-state index contributed by atoms with van der Waals surface area (Å²) in [6.07, 6.45) is 6.59. The maximum Gasteiger partial charge on any atom is 0.407 e. The highest BCUT2D eigenvalue weighted by atomic mass is 16.6. The number of alkyl carbamates (subject to hydrolysis) is 1. The molecule has 0 atom stereocenters. The summed E-state index contributed by atoms with van der Waals surface area (Å²) in [5, 5.41) is 2.97. The molecule has 0 aromatic carbocycles. The van der Waals surface area contributed by atoms with Crippen molar-refractivity contribution < 1.29 is 9.53 Å². The van der Waals surface area contributed by atoms with Gasteiger partial charge >= 0.3 is 6.09 Å². The molecular weight excluding hydrogens is 228 g/mol. The zero-order valence-corrected chi connectivity index (χ0v) is 12.0. The first kappa shape index (κ1) is 15.3. The van der Waals surface area contributed by atoms with Crippen molar-refractivity contribution in [2.45, 2.75) is 70.9 Å². The monoisotopic (exact) mass is 256 g/mol. The highest BCUT2D eigenvalue weighted by molar-refractivity contribution is 5.68. The van der Waals surface area contributed by atoms with Gasteiger partial charge in [0.1, 0.15) is 5.60 Å². The van der Waals surface area contributed by atoms with Gasteiger partial charge < -0.3 is 15.8 Å². The zero-order valence-electron chi connectivity index (χ0n) is 12.0. The molecule has 1 saturated carbocycles. The second kappa shape index (κ2) is 6.98. The van der Waals surface area contributed by atoms with Crippen LogP contribution < -0.4 is 11.1 Å². The summed E-state index contributed by atoms with van der Waals surface area (Å²) in [5.41, 5.74) is 5.11. The van der Waals surface area contributed by atoms with Crippen LogP contribution in [0.2, 0.25) is 0 Å².